The largest absolute Gasteiger partial charge is 0.326 e. The van der Waals surface area contributed by atoms with Crippen LogP contribution in [0.2, 0.25) is 0 Å². The van der Waals surface area contributed by atoms with Crippen LogP contribution in [-0.2, 0) is 4.79 Å². The lowest BCUT2D eigenvalue weighted by Gasteiger charge is -2.02. The predicted molar refractivity (Wildman–Crippen MR) is 109 cm³/mol. The van der Waals surface area contributed by atoms with Crippen molar-refractivity contribution in [1.29, 1.82) is 0 Å². The Hall–Kier alpha value is -3.10. The Morgan fingerprint density at radius 3 is 2.18 bits per heavy atom. The van der Waals surface area contributed by atoms with Crippen LogP contribution in [0.1, 0.15) is 27.3 Å². The van der Waals surface area contributed by atoms with Crippen LogP contribution in [0.25, 0.3) is 11.1 Å². The molecule has 6 nitrogen and oxygen atoms in total. The molecule has 0 aliphatic heterocycles. The fourth-order valence-corrected chi connectivity index (χ4v) is 3.13. The number of anilines is 2. The van der Waals surface area contributed by atoms with Gasteiger partial charge in [-0.1, -0.05) is 35.1 Å². The van der Waals surface area contributed by atoms with Gasteiger partial charge in [-0.2, -0.15) is 0 Å². The molecule has 28 heavy (non-hydrogen) atoms. The number of rotatable bonds is 5. The van der Waals surface area contributed by atoms with Gasteiger partial charge >= 0.3 is 0 Å². The fraction of sp³-hybridized carbons (Fsp3) is 0.0526. The Morgan fingerprint density at radius 2 is 1.54 bits per heavy atom. The standard InChI is InChI=1S/C19H14ClFN4O2S/c1-11(26)22-14-6-2-12(3-7-14)10-16(20)18-24-25-19(28-18)17(27)23-15-8-4-13(21)5-9-15/h2-10H,1H3,(H,22,26)(H,23,27)/b16-10-. The highest BCUT2D eigenvalue weighted by atomic mass is 35.5. The molecule has 0 spiro atoms. The molecule has 142 valence electrons. The molecular formula is C19H14ClFN4O2S. The van der Waals surface area contributed by atoms with Gasteiger partial charge in [-0.3, -0.25) is 9.59 Å². The summed E-state index contributed by atoms with van der Waals surface area (Å²) in [6, 6.07) is 12.5. The zero-order valence-corrected chi connectivity index (χ0v) is 16.1. The first kappa shape index (κ1) is 19.7. The van der Waals surface area contributed by atoms with E-state index < -0.39 is 11.7 Å². The SMILES string of the molecule is CC(=O)Nc1ccc(/C=C(\Cl)c2nnc(C(=O)Nc3ccc(F)cc3)s2)cc1. The summed E-state index contributed by atoms with van der Waals surface area (Å²) < 4.78 is 12.9. The Morgan fingerprint density at radius 1 is 0.964 bits per heavy atom. The van der Waals surface area contributed by atoms with Crippen molar-refractivity contribution in [2.45, 2.75) is 6.92 Å². The molecule has 0 unspecified atom stereocenters. The number of carbonyl (C=O) groups excluding carboxylic acids is 2. The number of nitrogens with one attached hydrogen (secondary N) is 2. The first-order valence-corrected chi connectivity index (χ1v) is 9.26. The fourth-order valence-electron chi connectivity index (χ4n) is 2.20. The average molecular weight is 417 g/mol. The maximum absolute atomic E-state index is 12.9. The quantitative estimate of drug-likeness (QED) is 0.635. The lowest BCUT2D eigenvalue weighted by molar-refractivity contribution is -0.114. The highest BCUT2D eigenvalue weighted by Crippen LogP contribution is 2.26. The molecule has 2 aromatic carbocycles. The van der Waals surface area contributed by atoms with E-state index in [2.05, 4.69) is 20.8 Å². The van der Waals surface area contributed by atoms with Crippen LogP contribution in [0.3, 0.4) is 0 Å². The number of carbonyl (C=O) groups is 2. The summed E-state index contributed by atoms with van der Waals surface area (Å²) in [6.45, 7) is 1.43. The smallest absolute Gasteiger partial charge is 0.286 e. The van der Waals surface area contributed by atoms with Gasteiger partial charge in [0, 0.05) is 18.3 Å². The van der Waals surface area contributed by atoms with Gasteiger partial charge in [0.2, 0.25) is 10.9 Å². The third kappa shape index (κ3) is 5.21. The van der Waals surface area contributed by atoms with Crippen LogP contribution in [0.15, 0.2) is 48.5 Å². The van der Waals surface area contributed by atoms with Gasteiger partial charge in [0.05, 0.1) is 5.03 Å². The van der Waals surface area contributed by atoms with E-state index in [4.69, 9.17) is 11.6 Å². The number of amides is 2. The van der Waals surface area contributed by atoms with Crippen LogP contribution in [0.4, 0.5) is 15.8 Å². The molecule has 0 aliphatic rings. The highest BCUT2D eigenvalue weighted by Gasteiger charge is 2.15. The van der Waals surface area contributed by atoms with Gasteiger partial charge in [-0.05, 0) is 48.0 Å². The van der Waals surface area contributed by atoms with Crippen LogP contribution in [-0.4, -0.2) is 22.0 Å². The molecule has 1 aromatic heterocycles. The molecule has 0 saturated carbocycles. The van der Waals surface area contributed by atoms with Gasteiger partial charge in [-0.15, -0.1) is 10.2 Å². The van der Waals surface area contributed by atoms with E-state index in [1.165, 1.54) is 31.2 Å². The van der Waals surface area contributed by atoms with E-state index in [0.29, 0.717) is 21.4 Å². The molecule has 0 atom stereocenters. The molecule has 9 heteroatoms. The maximum atomic E-state index is 12.9. The molecule has 3 rings (SSSR count). The summed E-state index contributed by atoms with van der Waals surface area (Å²) in [7, 11) is 0. The lowest BCUT2D eigenvalue weighted by atomic mass is 10.2. The number of nitrogens with zero attached hydrogens (tertiary/aromatic N) is 2. The minimum atomic E-state index is -0.459. The summed E-state index contributed by atoms with van der Waals surface area (Å²) in [5.41, 5.74) is 1.92. The molecule has 2 N–H and O–H groups in total. The topological polar surface area (TPSA) is 84.0 Å². The third-order valence-corrected chi connectivity index (χ3v) is 4.81. The number of aromatic nitrogens is 2. The molecule has 0 radical (unpaired) electrons. The highest BCUT2D eigenvalue weighted by molar-refractivity contribution is 7.15. The molecule has 1 heterocycles. The first-order valence-electron chi connectivity index (χ1n) is 8.06. The Kier molecular flexibility index (Phi) is 6.13. The molecule has 0 saturated heterocycles. The van der Waals surface area contributed by atoms with Gasteiger partial charge in [0.25, 0.3) is 5.91 Å². The number of hydrogen-bond acceptors (Lipinski definition) is 5. The molecule has 0 aliphatic carbocycles. The lowest BCUT2D eigenvalue weighted by Crippen LogP contribution is -2.11. The predicted octanol–water partition coefficient (Wildman–Crippen LogP) is 4.62. The van der Waals surface area contributed by atoms with Gasteiger partial charge in [0.1, 0.15) is 5.82 Å². The minimum absolute atomic E-state index is 0.131. The zero-order chi connectivity index (χ0) is 20.1. The normalized spacial score (nSPS) is 11.2. The van der Waals surface area contributed by atoms with Crippen molar-refractivity contribution in [3.63, 3.8) is 0 Å². The van der Waals surface area contributed by atoms with E-state index in [1.54, 1.807) is 30.3 Å². The second-order valence-corrected chi connectivity index (χ2v) is 7.05. The second kappa shape index (κ2) is 8.73. The van der Waals surface area contributed by atoms with Crippen molar-refractivity contribution >= 4 is 57.2 Å². The molecule has 3 aromatic rings. The van der Waals surface area contributed by atoms with Crippen LogP contribution < -0.4 is 10.6 Å². The van der Waals surface area contributed by atoms with Crippen LogP contribution in [0, 0.1) is 5.82 Å². The van der Waals surface area contributed by atoms with Crippen molar-refractivity contribution in [3.05, 3.63) is 69.9 Å². The number of benzene rings is 2. The van der Waals surface area contributed by atoms with Crippen molar-refractivity contribution in [1.82, 2.24) is 10.2 Å². The van der Waals surface area contributed by atoms with E-state index in [1.807, 2.05) is 0 Å². The zero-order valence-electron chi connectivity index (χ0n) is 14.6. The van der Waals surface area contributed by atoms with E-state index in [0.717, 1.165) is 16.9 Å². The van der Waals surface area contributed by atoms with E-state index in [-0.39, 0.29) is 10.9 Å². The Bertz CT molecular complexity index is 1030. The second-order valence-electron chi connectivity index (χ2n) is 5.67. The number of hydrogen-bond donors (Lipinski definition) is 2. The van der Waals surface area contributed by atoms with Crippen LogP contribution >= 0.6 is 22.9 Å². The summed E-state index contributed by atoms with van der Waals surface area (Å²) in [5, 5.41) is 13.9. The van der Waals surface area contributed by atoms with E-state index in [9.17, 15) is 14.0 Å². The van der Waals surface area contributed by atoms with E-state index >= 15 is 0 Å². The third-order valence-electron chi connectivity index (χ3n) is 3.45. The maximum Gasteiger partial charge on any atom is 0.286 e. The molecule has 0 bridgehead atoms. The first-order chi connectivity index (χ1) is 13.4. The van der Waals surface area contributed by atoms with Gasteiger partial charge < -0.3 is 10.6 Å². The molecular weight excluding hydrogens is 403 g/mol. The van der Waals surface area contributed by atoms with Crippen molar-refractivity contribution in [2.24, 2.45) is 0 Å². The summed E-state index contributed by atoms with van der Waals surface area (Å²) in [6.07, 6.45) is 1.68. The Labute approximate surface area is 169 Å². The molecule has 2 amide bonds. The van der Waals surface area contributed by atoms with Gasteiger partial charge in [-0.25, -0.2) is 4.39 Å². The van der Waals surface area contributed by atoms with Crippen molar-refractivity contribution in [3.8, 4) is 0 Å². The van der Waals surface area contributed by atoms with Gasteiger partial charge in [0.15, 0.2) is 5.01 Å². The van der Waals surface area contributed by atoms with Crippen molar-refractivity contribution < 1.29 is 14.0 Å². The summed E-state index contributed by atoms with van der Waals surface area (Å²) >= 11 is 7.32. The minimum Gasteiger partial charge on any atom is -0.326 e. The number of halogens is 2. The summed E-state index contributed by atoms with van der Waals surface area (Å²) in [5.74, 6) is -1.00. The van der Waals surface area contributed by atoms with Crippen LogP contribution in [0.5, 0.6) is 0 Å². The average Bonchev–Trinajstić information content (AvgIpc) is 3.15. The molecule has 0 fully saturated rings. The monoisotopic (exact) mass is 416 g/mol. The summed E-state index contributed by atoms with van der Waals surface area (Å²) in [4.78, 5) is 23.3. The van der Waals surface area contributed by atoms with Crippen molar-refractivity contribution in [2.75, 3.05) is 10.6 Å². The Balaban J connectivity index is 1.69.